The van der Waals surface area contributed by atoms with Crippen molar-refractivity contribution in [1.82, 2.24) is 4.98 Å². The van der Waals surface area contributed by atoms with Gasteiger partial charge in [0, 0.05) is 17.0 Å². The normalized spacial score (nSPS) is 11.8. The lowest BCUT2D eigenvalue weighted by Gasteiger charge is -2.12. The molecule has 1 unspecified atom stereocenters. The Morgan fingerprint density at radius 2 is 2.00 bits per heavy atom. The summed E-state index contributed by atoms with van der Waals surface area (Å²) < 4.78 is 4.98. The summed E-state index contributed by atoms with van der Waals surface area (Å²) in [6, 6.07) is 11.0. The molecule has 0 saturated heterocycles. The van der Waals surface area contributed by atoms with E-state index in [2.05, 4.69) is 10.3 Å². The average molecular weight is 305 g/mol. The Morgan fingerprint density at radius 1 is 1.29 bits per heavy atom. The lowest BCUT2D eigenvalue weighted by Crippen LogP contribution is -2.22. The van der Waals surface area contributed by atoms with Gasteiger partial charge in [0.05, 0.1) is 19.0 Å². The standard InChI is InChI=1S/C16H17ClN2O2/c1-11(9-12-3-5-13(17)6-4-12)16(20)19-14-7-8-15(21-2)18-10-14/h3-8,10-11H,9H2,1-2H3,(H,19,20). The number of hydrogen-bond donors (Lipinski definition) is 1. The molecule has 2 aromatic rings. The highest BCUT2D eigenvalue weighted by molar-refractivity contribution is 6.30. The van der Waals surface area contributed by atoms with Crippen molar-refractivity contribution in [3.8, 4) is 5.88 Å². The molecule has 0 aliphatic carbocycles. The van der Waals surface area contributed by atoms with Crippen molar-refractivity contribution in [2.24, 2.45) is 5.92 Å². The third-order valence-corrected chi connectivity index (χ3v) is 3.37. The fourth-order valence-corrected chi connectivity index (χ4v) is 2.03. The Balaban J connectivity index is 1.93. The van der Waals surface area contributed by atoms with Crippen molar-refractivity contribution in [3.63, 3.8) is 0 Å². The molecule has 21 heavy (non-hydrogen) atoms. The molecule has 0 spiro atoms. The number of nitrogens with one attached hydrogen (secondary N) is 1. The quantitative estimate of drug-likeness (QED) is 0.919. The van der Waals surface area contributed by atoms with Gasteiger partial charge in [-0.05, 0) is 30.2 Å². The Bertz CT molecular complexity index is 597. The first kappa shape index (κ1) is 15.3. The topological polar surface area (TPSA) is 51.2 Å². The van der Waals surface area contributed by atoms with Gasteiger partial charge in [-0.15, -0.1) is 0 Å². The summed E-state index contributed by atoms with van der Waals surface area (Å²) in [5.74, 6) is 0.326. The van der Waals surface area contributed by atoms with Crippen LogP contribution in [0.5, 0.6) is 5.88 Å². The highest BCUT2D eigenvalue weighted by Crippen LogP contribution is 2.16. The third-order valence-electron chi connectivity index (χ3n) is 3.12. The number of methoxy groups -OCH3 is 1. The number of anilines is 1. The number of nitrogens with zero attached hydrogens (tertiary/aromatic N) is 1. The Kier molecular flexibility index (Phi) is 5.17. The average Bonchev–Trinajstić information content (AvgIpc) is 2.50. The second-order valence-corrected chi connectivity index (χ2v) is 5.25. The SMILES string of the molecule is COc1ccc(NC(=O)C(C)Cc2ccc(Cl)cc2)cn1. The summed E-state index contributed by atoms with van der Waals surface area (Å²) in [7, 11) is 1.55. The van der Waals surface area contributed by atoms with Crippen LogP contribution in [0.4, 0.5) is 5.69 Å². The van der Waals surface area contributed by atoms with Gasteiger partial charge in [0.15, 0.2) is 0 Å². The monoisotopic (exact) mass is 304 g/mol. The molecule has 1 aromatic carbocycles. The van der Waals surface area contributed by atoms with Crippen molar-refractivity contribution < 1.29 is 9.53 Å². The number of carbonyl (C=O) groups excluding carboxylic acids is 1. The molecule has 1 N–H and O–H groups in total. The summed E-state index contributed by atoms with van der Waals surface area (Å²) in [4.78, 5) is 16.2. The van der Waals surface area contributed by atoms with Gasteiger partial charge in [-0.2, -0.15) is 0 Å². The molecule has 0 aliphatic heterocycles. The zero-order valence-electron chi connectivity index (χ0n) is 12.0. The highest BCUT2D eigenvalue weighted by atomic mass is 35.5. The summed E-state index contributed by atoms with van der Waals surface area (Å²) in [6.45, 7) is 1.89. The predicted octanol–water partition coefficient (Wildman–Crippen LogP) is 3.56. The van der Waals surface area contributed by atoms with Gasteiger partial charge in [0.1, 0.15) is 0 Å². The number of benzene rings is 1. The maximum atomic E-state index is 12.1. The Hall–Kier alpha value is -2.07. The van der Waals surface area contributed by atoms with Gasteiger partial charge in [0.25, 0.3) is 0 Å². The molecule has 0 fully saturated rings. The second-order valence-electron chi connectivity index (χ2n) is 4.81. The van der Waals surface area contributed by atoms with Crippen LogP contribution in [0.2, 0.25) is 5.02 Å². The first-order valence-corrected chi connectivity index (χ1v) is 7.01. The number of ether oxygens (including phenoxy) is 1. The van der Waals surface area contributed by atoms with Crippen LogP contribution in [0.15, 0.2) is 42.6 Å². The number of aromatic nitrogens is 1. The number of rotatable bonds is 5. The number of hydrogen-bond acceptors (Lipinski definition) is 3. The lowest BCUT2D eigenvalue weighted by molar-refractivity contribution is -0.119. The van der Waals surface area contributed by atoms with Gasteiger partial charge >= 0.3 is 0 Å². The molecule has 1 amide bonds. The van der Waals surface area contributed by atoms with Gasteiger partial charge in [0.2, 0.25) is 11.8 Å². The molecule has 110 valence electrons. The van der Waals surface area contributed by atoms with Crippen LogP contribution in [-0.2, 0) is 11.2 Å². The predicted molar refractivity (Wildman–Crippen MR) is 83.7 cm³/mol. The van der Waals surface area contributed by atoms with Crippen molar-refractivity contribution in [2.45, 2.75) is 13.3 Å². The first-order valence-electron chi connectivity index (χ1n) is 6.64. The van der Waals surface area contributed by atoms with E-state index in [1.807, 2.05) is 31.2 Å². The molecule has 2 rings (SSSR count). The van der Waals surface area contributed by atoms with E-state index >= 15 is 0 Å². The van der Waals surface area contributed by atoms with E-state index in [0.717, 1.165) is 5.56 Å². The van der Waals surface area contributed by atoms with Gasteiger partial charge in [-0.3, -0.25) is 4.79 Å². The molecule has 0 radical (unpaired) electrons. The molecular weight excluding hydrogens is 288 g/mol. The van der Waals surface area contributed by atoms with E-state index in [0.29, 0.717) is 23.0 Å². The van der Waals surface area contributed by atoms with E-state index in [9.17, 15) is 4.79 Å². The van der Waals surface area contributed by atoms with E-state index in [1.54, 1.807) is 25.4 Å². The maximum Gasteiger partial charge on any atom is 0.227 e. The smallest absolute Gasteiger partial charge is 0.227 e. The number of pyridine rings is 1. The molecule has 0 saturated carbocycles. The summed E-state index contributed by atoms with van der Waals surface area (Å²) in [5.41, 5.74) is 1.73. The van der Waals surface area contributed by atoms with Crippen LogP contribution in [0.1, 0.15) is 12.5 Å². The third kappa shape index (κ3) is 4.46. The molecule has 5 heteroatoms. The van der Waals surface area contributed by atoms with E-state index in [1.165, 1.54) is 0 Å². The fraction of sp³-hybridized carbons (Fsp3) is 0.250. The minimum Gasteiger partial charge on any atom is -0.481 e. The van der Waals surface area contributed by atoms with Crippen molar-refractivity contribution in [2.75, 3.05) is 12.4 Å². The minimum absolute atomic E-state index is 0.0445. The summed E-state index contributed by atoms with van der Waals surface area (Å²) >= 11 is 5.85. The van der Waals surface area contributed by atoms with Crippen molar-refractivity contribution in [1.29, 1.82) is 0 Å². The fourth-order valence-electron chi connectivity index (χ4n) is 1.91. The van der Waals surface area contributed by atoms with Gasteiger partial charge in [-0.25, -0.2) is 4.98 Å². The highest BCUT2D eigenvalue weighted by Gasteiger charge is 2.14. The van der Waals surface area contributed by atoms with Gasteiger partial charge in [-0.1, -0.05) is 30.7 Å². The second kappa shape index (κ2) is 7.09. The maximum absolute atomic E-state index is 12.1. The van der Waals surface area contributed by atoms with Crippen LogP contribution in [-0.4, -0.2) is 18.0 Å². The number of halogens is 1. The van der Waals surface area contributed by atoms with E-state index in [-0.39, 0.29) is 11.8 Å². The van der Waals surface area contributed by atoms with Crippen molar-refractivity contribution in [3.05, 3.63) is 53.2 Å². The van der Waals surface area contributed by atoms with Crippen LogP contribution in [0.25, 0.3) is 0 Å². The van der Waals surface area contributed by atoms with Crippen LogP contribution in [0.3, 0.4) is 0 Å². The van der Waals surface area contributed by atoms with Crippen molar-refractivity contribution >= 4 is 23.2 Å². The molecular formula is C16H17ClN2O2. The Labute approximate surface area is 129 Å². The minimum atomic E-state index is -0.145. The zero-order valence-corrected chi connectivity index (χ0v) is 12.7. The summed E-state index contributed by atoms with van der Waals surface area (Å²) in [5, 5.41) is 3.54. The molecule has 1 atom stereocenters. The number of carbonyl (C=O) groups is 1. The van der Waals surface area contributed by atoms with Crippen LogP contribution >= 0.6 is 11.6 Å². The van der Waals surface area contributed by atoms with E-state index < -0.39 is 0 Å². The summed E-state index contributed by atoms with van der Waals surface area (Å²) in [6.07, 6.45) is 2.23. The van der Waals surface area contributed by atoms with Crippen LogP contribution < -0.4 is 10.1 Å². The van der Waals surface area contributed by atoms with E-state index in [4.69, 9.17) is 16.3 Å². The molecule has 1 heterocycles. The van der Waals surface area contributed by atoms with Crippen LogP contribution in [0, 0.1) is 5.92 Å². The molecule has 4 nitrogen and oxygen atoms in total. The Morgan fingerprint density at radius 3 is 2.57 bits per heavy atom. The molecule has 0 bridgehead atoms. The first-order chi connectivity index (χ1) is 10.1. The largest absolute Gasteiger partial charge is 0.481 e. The number of amides is 1. The zero-order chi connectivity index (χ0) is 15.2. The molecule has 0 aliphatic rings. The molecule has 1 aromatic heterocycles. The lowest BCUT2D eigenvalue weighted by atomic mass is 10.0. The van der Waals surface area contributed by atoms with Gasteiger partial charge < -0.3 is 10.1 Å².